The topological polar surface area (TPSA) is 87.1 Å². The fraction of sp³-hybridized carbons (Fsp3) is 0.154. The summed E-state index contributed by atoms with van der Waals surface area (Å²) in [5.41, 5.74) is 1.83. The Hall–Kier alpha value is -3.48. The Morgan fingerprint density at radius 1 is 1.06 bits per heavy atom. The van der Waals surface area contributed by atoms with Crippen molar-refractivity contribution in [2.75, 3.05) is 11.5 Å². The molecule has 0 aliphatic carbocycles. The Kier molecular flexibility index (Phi) is 6.55. The number of nitrogens with zero attached hydrogens (tertiary/aromatic N) is 1. The van der Waals surface area contributed by atoms with Gasteiger partial charge < -0.3 is 14.9 Å². The number of aryl methyl sites for hydroxylation is 1. The van der Waals surface area contributed by atoms with Gasteiger partial charge in [0.25, 0.3) is 11.7 Å². The van der Waals surface area contributed by atoms with Crippen molar-refractivity contribution < 1.29 is 24.5 Å². The first kappa shape index (κ1) is 23.7. The number of Topliss-reactive ketones (excluding diaryl/α,β-unsaturated/α-hetero) is 1. The van der Waals surface area contributed by atoms with Gasteiger partial charge in [0.15, 0.2) is 11.5 Å². The molecule has 1 fully saturated rings. The molecular formula is C26H21Cl2NO5. The zero-order chi connectivity index (χ0) is 24.6. The maximum absolute atomic E-state index is 13.3. The van der Waals surface area contributed by atoms with E-state index in [2.05, 4.69) is 0 Å². The summed E-state index contributed by atoms with van der Waals surface area (Å²) >= 11 is 12.4. The van der Waals surface area contributed by atoms with Gasteiger partial charge in [-0.1, -0.05) is 47.5 Å². The molecule has 1 aliphatic heterocycles. The third-order valence-corrected chi connectivity index (χ3v) is 6.22. The largest absolute Gasteiger partial charge is 0.507 e. The zero-order valence-electron chi connectivity index (χ0n) is 18.4. The van der Waals surface area contributed by atoms with Crippen molar-refractivity contribution in [2.24, 2.45) is 0 Å². The molecule has 1 amide bonds. The Morgan fingerprint density at radius 3 is 2.50 bits per heavy atom. The summed E-state index contributed by atoms with van der Waals surface area (Å²) in [4.78, 5) is 27.8. The molecule has 1 saturated heterocycles. The molecule has 3 aromatic carbocycles. The first-order chi connectivity index (χ1) is 16.2. The molecule has 0 radical (unpaired) electrons. The van der Waals surface area contributed by atoms with Gasteiger partial charge in [0.1, 0.15) is 5.76 Å². The molecule has 1 aliphatic rings. The van der Waals surface area contributed by atoms with Crippen molar-refractivity contribution in [3.05, 3.63) is 93.0 Å². The number of anilines is 1. The molecule has 0 aromatic heterocycles. The molecule has 6 nitrogen and oxygen atoms in total. The first-order valence-electron chi connectivity index (χ1n) is 10.5. The summed E-state index contributed by atoms with van der Waals surface area (Å²) < 4.78 is 5.51. The fourth-order valence-electron chi connectivity index (χ4n) is 3.91. The van der Waals surface area contributed by atoms with Crippen LogP contribution < -0.4 is 9.64 Å². The number of benzene rings is 3. The highest BCUT2D eigenvalue weighted by atomic mass is 35.5. The number of aromatic hydroxyl groups is 1. The van der Waals surface area contributed by atoms with E-state index < -0.39 is 17.7 Å². The van der Waals surface area contributed by atoms with E-state index in [1.807, 2.05) is 6.92 Å². The Bertz CT molecular complexity index is 1330. The van der Waals surface area contributed by atoms with Crippen molar-refractivity contribution in [3.8, 4) is 11.5 Å². The van der Waals surface area contributed by atoms with Crippen LogP contribution in [0.25, 0.3) is 5.76 Å². The number of aliphatic hydroxyl groups excluding tert-OH is 1. The van der Waals surface area contributed by atoms with Gasteiger partial charge in [0, 0.05) is 21.3 Å². The first-order valence-corrected chi connectivity index (χ1v) is 11.3. The van der Waals surface area contributed by atoms with E-state index in [0.29, 0.717) is 33.5 Å². The number of halogens is 2. The minimum Gasteiger partial charge on any atom is -0.507 e. The smallest absolute Gasteiger partial charge is 0.300 e. The lowest BCUT2D eigenvalue weighted by atomic mass is 9.94. The average Bonchev–Trinajstić information content (AvgIpc) is 3.07. The molecule has 0 spiro atoms. The number of aliphatic hydroxyl groups is 1. The van der Waals surface area contributed by atoms with Gasteiger partial charge in [0.05, 0.1) is 18.2 Å². The predicted molar refractivity (Wildman–Crippen MR) is 132 cm³/mol. The SMILES string of the molecule is CCOc1cc(C2/C(=C(\O)c3cccc(Cl)c3)C(=O)C(=O)N2c2ccc(C)c(Cl)c2)ccc1O. The van der Waals surface area contributed by atoms with Crippen LogP contribution in [-0.2, 0) is 9.59 Å². The third-order valence-electron chi connectivity index (χ3n) is 5.58. The lowest BCUT2D eigenvalue weighted by Crippen LogP contribution is -2.29. The van der Waals surface area contributed by atoms with Crippen molar-refractivity contribution in [3.63, 3.8) is 0 Å². The van der Waals surface area contributed by atoms with Gasteiger partial charge >= 0.3 is 0 Å². The molecule has 174 valence electrons. The lowest BCUT2D eigenvalue weighted by molar-refractivity contribution is -0.132. The number of amides is 1. The van der Waals surface area contributed by atoms with Crippen LogP contribution in [0.5, 0.6) is 11.5 Å². The average molecular weight is 498 g/mol. The molecule has 0 bridgehead atoms. The van der Waals surface area contributed by atoms with Gasteiger partial charge in [-0.3, -0.25) is 14.5 Å². The van der Waals surface area contributed by atoms with Crippen molar-refractivity contribution >= 4 is 46.3 Å². The van der Waals surface area contributed by atoms with Gasteiger partial charge in [-0.2, -0.15) is 0 Å². The van der Waals surface area contributed by atoms with E-state index in [1.165, 1.54) is 17.0 Å². The highest BCUT2D eigenvalue weighted by Crippen LogP contribution is 2.44. The molecule has 1 heterocycles. The number of hydrogen-bond donors (Lipinski definition) is 2. The van der Waals surface area contributed by atoms with Crippen molar-refractivity contribution in [1.82, 2.24) is 0 Å². The van der Waals surface area contributed by atoms with Gasteiger partial charge in [0.2, 0.25) is 0 Å². The number of ketones is 1. The third kappa shape index (κ3) is 4.22. The maximum atomic E-state index is 13.3. The summed E-state index contributed by atoms with van der Waals surface area (Å²) in [7, 11) is 0. The molecule has 4 rings (SSSR count). The van der Waals surface area contributed by atoms with Crippen LogP contribution in [0.4, 0.5) is 5.69 Å². The number of carbonyl (C=O) groups is 2. The fourth-order valence-corrected chi connectivity index (χ4v) is 4.27. The number of hydrogen-bond acceptors (Lipinski definition) is 5. The molecule has 0 saturated carbocycles. The standard InChI is InChI=1S/C26H21Cl2NO5/c1-3-34-21-12-15(8-10-20(21)30)23-22(24(31)16-5-4-6-17(27)11-16)25(32)26(33)29(23)18-9-7-14(2)19(28)13-18/h4-13,23,30-31H,3H2,1-2H3/b24-22+. The summed E-state index contributed by atoms with van der Waals surface area (Å²) in [6.07, 6.45) is 0. The van der Waals surface area contributed by atoms with Crippen LogP contribution >= 0.6 is 23.2 Å². The van der Waals surface area contributed by atoms with E-state index >= 15 is 0 Å². The second-order valence-electron chi connectivity index (χ2n) is 7.77. The highest BCUT2D eigenvalue weighted by molar-refractivity contribution is 6.52. The molecule has 3 aromatic rings. The van der Waals surface area contributed by atoms with Crippen molar-refractivity contribution in [1.29, 1.82) is 0 Å². The van der Waals surface area contributed by atoms with Gasteiger partial charge in [-0.05, 0) is 61.4 Å². The quantitative estimate of drug-likeness (QED) is 0.255. The molecule has 8 heteroatoms. The van der Waals surface area contributed by atoms with Crippen LogP contribution in [0.1, 0.15) is 29.7 Å². The zero-order valence-corrected chi connectivity index (χ0v) is 19.9. The second-order valence-corrected chi connectivity index (χ2v) is 8.62. The maximum Gasteiger partial charge on any atom is 0.300 e. The summed E-state index contributed by atoms with van der Waals surface area (Å²) in [6.45, 7) is 3.89. The normalized spacial score (nSPS) is 17.3. The monoisotopic (exact) mass is 497 g/mol. The lowest BCUT2D eigenvalue weighted by Gasteiger charge is -2.26. The molecule has 34 heavy (non-hydrogen) atoms. The van der Waals surface area contributed by atoms with Gasteiger partial charge in [-0.15, -0.1) is 0 Å². The number of carbonyl (C=O) groups excluding carboxylic acids is 2. The molecular weight excluding hydrogens is 477 g/mol. The Morgan fingerprint density at radius 2 is 1.82 bits per heavy atom. The van der Waals surface area contributed by atoms with Crippen LogP contribution in [0.3, 0.4) is 0 Å². The van der Waals surface area contributed by atoms with E-state index in [-0.39, 0.29) is 22.8 Å². The summed E-state index contributed by atoms with van der Waals surface area (Å²) in [5, 5.41) is 22.1. The van der Waals surface area contributed by atoms with Gasteiger partial charge in [-0.25, -0.2) is 0 Å². The minimum atomic E-state index is -1.00. The summed E-state index contributed by atoms with van der Waals surface area (Å²) in [5.74, 6) is -1.94. The number of phenols is 1. The minimum absolute atomic E-state index is 0.0872. The molecule has 1 atom stereocenters. The van der Waals surface area contributed by atoms with Crippen molar-refractivity contribution in [2.45, 2.75) is 19.9 Å². The predicted octanol–water partition coefficient (Wildman–Crippen LogP) is 6.03. The number of phenolic OH excluding ortho intramolecular Hbond substituents is 1. The Labute approximate surface area is 206 Å². The van der Waals surface area contributed by atoms with E-state index in [1.54, 1.807) is 55.5 Å². The van der Waals surface area contributed by atoms with E-state index in [4.69, 9.17) is 27.9 Å². The second kappa shape index (κ2) is 9.41. The van der Waals surface area contributed by atoms with Crippen LogP contribution in [0.2, 0.25) is 10.0 Å². The molecule has 2 N–H and O–H groups in total. The van der Waals surface area contributed by atoms with Crippen LogP contribution in [0.15, 0.2) is 66.2 Å². The van der Waals surface area contributed by atoms with E-state index in [9.17, 15) is 19.8 Å². The van der Waals surface area contributed by atoms with E-state index in [0.717, 1.165) is 5.56 Å². The number of rotatable bonds is 5. The molecule has 1 unspecified atom stereocenters. The van der Waals surface area contributed by atoms with Crippen LogP contribution in [-0.4, -0.2) is 28.5 Å². The number of ether oxygens (including phenoxy) is 1. The summed E-state index contributed by atoms with van der Waals surface area (Å²) in [6, 6.07) is 14.9. The Balaban J connectivity index is 1.98. The highest BCUT2D eigenvalue weighted by Gasteiger charge is 2.47. The van der Waals surface area contributed by atoms with Crippen LogP contribution in [0, 0.1) is 6.92 Å².